The number of fused-ring (bicyclic) bond motifs is 1. The first kappa shape index (κ1) is 23.0. The zero-order chi connectivity index (χ0) is 24.1. The lowest BCUT2D eigenvalue weighted by Gasteiger charge is -2.35. The van der Waals surface area contributed by atoms with Gasteiger partial charge in [0.1, 0.15) is 10.6 Å². The van der Waals surface area contributed by atoms with Gasteiger partial charge >= 0.3 is 6.03 Å². The van der Waals surface area contributed by atoms with Crippen molar-refractivity contribution in [3.8, 4) is 11.4 Å². The molecule has 0 radical (unpaired) electrons. The van der Waals surface area contributed by atoms with Gasteiger partial charge in [0.25, 0.3) is 0 Å². The Balaban J connectivity index is 1.48. The van der Waals surface area contributed by atoms with Crippen molar-refractivity contribution in [2.24, 2.45) is 0 Å². The number of ether oxygens (including phenoxy) is 2. The van der Waals surface area contributed by atoms with Gasteiger partial charge in [0.15, 0.2) is 15.7 Å². The Morgan fingerprint density at radius 3 is 2.50 bits per heavy atom. The molecule has 0 aliphatic carbocycles. The van der Waals surface area contributed by atoms with Crippen molar-refractivity contribution in [3.05, 3.63) is 35.5 Å². The maximum Gasteiger partial charge on any atom is 0.319 e. The first-order valence-electron chi connectivity index (χ1n) is 11.4. The maximum atomic E-state index is 13.0. The number of nitrogens with zero attached hydrogens (tertiary/aromatic N) is 3. The smallest absolute Gasteiger partial charge is 0.319 e. The largest absolute Gasteiger partial charge is 0.377 e. The molecule has 2 saturated heterocycles. The van der Waals surface area contributed by atoms with Crippen LogP contribution >= 0.6 is 0 Å². The SMILES string of the molecule is C[C@H]1COCCN1c1nc(-c2ccc(NC(=O)NC3COC3)cc2)nc2c1CS(=O)(=O)C2(C)C. The second-order valence-electron chi connectivity index (χ2n) is 9.49. The molecule has 11 heteroatoms. The molecule has 2 aromatic rings. The number of rotatable bonds is 4. The van der Waals surface area contributed by atoms with Gasteiger partial charge in [-0.1, -0.05) is 0 Å². The summed E-state index contributed by atoms with van der Waals surface area (Å²) >= 11 is 0. The van der Waals surface area contributed by atoms with E-state index in [0.717, 1.165) is 5.56 Å². The van der Waals surface area contributed by atoms with Crippen molar-refractivity contribution in [3.63, 3.8) is 0 Å². The second-order valence-corrected chi connectivity index (χ2v) is 12.0. The summed E-state index contributed by atoms with van der Waals surface area (Å²) in [5, 5.41) is 5.64. The van der Waals surface area contributed by atoms with Crippen LogP contribution in [0.3, 0.4) is 0 Å². The Labute approximate surface area is 199 Å². The van der Waals surface area contributed by atoms with Crippen LogP contribution in [0.5, 0.6) is 0 Å². The molecule has 4 heterocycles. The summed E-state index contributed by atoms with van der Waals surface area (Å²) in [6, 6.07) is 7.03. The molecule has 0 bridgehead atoms. The van der Waals surface area contributed by atoms with Gasteiger partial charge in [-0.3, -0.25) is 0 Å². The lowest BCUT2D eigenvalue weighted by Crippen LogP contribution is -2.49. The Morgan fingerprint density at radius 2 is 1.85 bits per heavy atom. The minimum Gasteiger partial charge on any atom is -0.377 e. The molecule has 0 unspecified atom stereocenters. The molecule has 3 aliphatic rings. The zero-order valence-electron chi connectivity index (χ0n) is 19.5. The highest BCUT2D eigenvalue weighted by Crippen LogP contribution is 2.44. The van der Waals surface area contributed by atoms with E-state index in [2.05, 4.69) is 15.5 Å². The van der Waals surface area contributed by atoms with Crippen molar-refractivity contribution >= 4 is 27.4 Å². The molecule has 182 valence electrons. The summed E-state index contributed by atoms with van der Waals surface area (Å²) in [7, 11) is -3.41. The number of morpholine rings is 1. The van der Waals surface area contributed by atoms with Crippen LogP contribution in [0.4, 0.5) is 16.3 Å². The lowest BCUT2D eigenvalue weighted by atomic mass is 10.0. The van der Waals surface area contributed by atoms with Gasteiger partial charge in [-0.2, -0.15) is 0 Å². The summed E-state index contributed by atoms with van der Waals surface area (Å²) in [6.07, 6.45) is 0. The van der Waals surface area contributed by atoms with Crippen LogP contribution in [-0.2, 0) is 29.8 Å². The molecule has 10 nitrogen and oxygen atoms in total. The molecule has 3 aliphatic heterocycles. The van der Waals surface area contributed by atoms with Gasteiger partial charge in [-0.15, -0.1) is 0 Å². The number of hydrogen-bond acceptors (Lipinski definition) is 8. The summed E-state index contributed by atoms with van der Waals surface area (Å²) < 4.78 is 35.5. The van der Waals surface area contributed by atoms with E-state index < -0.39 is 14.6 Å². The van der Waals surface area contributed by atoms with Crippen LogP contribution < -0.4 is 15.5 Å². The molecule has 34 heavy (non-hydrogen) atoms. The topological polar surface area (TPSA) is 123 Å². The van der Waals surface area contributed by atoms with Crippen LogP contribution in [0.1, 0.15) is 32.0 Å². The zero-order valence-corrected chi connectivity index (χ0v) is 20.3. The molecular weight excluding hydrogens is 458 g/mol. The van der Waals surface area contributed by atoms with Gasteiger partial charge in [-0.25, -0.2) is 23.2 Å². The van der Waals surface area contributed by atoms with Crippen molar-refractivity contribution in [2.75, 3.05) is 43.2 Å². The number of nitrogens with one attached hydrogen (secondary N) is 2. The Hall–Kier alpha value is -2.76. The van der Waals surface area contributed by atoms with E-state index in [0.29, 0.717) is 61.6 Å². The highest BCUT2D eigenvalue weighted by molar-refractivity contribution is 7.91. The number of aromatic nitrogens is 2. The lowest BCUT2D eigenvalue weighted by molar-refractivity contribution is 0.000735. The molecular formula is C23H29N5O5S. The van der Waals surface area contributed by atoms with Crippen molar-refractivity contribution in [1.82, 2.24) is 15.3 Å². The van der Waals surface area contributed by atoms with Crippen LogP contribution in [0.2, 0.25) is 0 Å². The van der Waals surface area contributed by atoms with E-state index >= 15 is 0 Å². The van der Waals surface area contributed by atoms with Crippen molar-refractivity contribution in [1.29, 1.82) is 0 Å². The highest BCUT2D eigenvalue weighted by Gasteiger charge is 2.48. The standard InChI is InChI=1S/C23H29N5O5S/c1-14-10-32-9-8-28(14)21-18-13-34(30,31)23(2,3)19(18)26-20(27-21)15-4-6-16(7-5-15)24-22(29)25-17-11-33-12-17/h4-7,14,17H,8-13H2,1-3H3,(H2,24,25,29)/t14-/m0/s1. The van der Waals surface area contributed by atoms with Gasteiger partial charge in [0.2, 0.25) is 0 Å². The molecule has 1 atom stereocenters. The van der Waals surface area contributed by atoms with E-state index in [1.54, 1.807) is 26.0 Å². The van der Waals surface area contributed by atoms with Crippen LogP contribution in [0.25, 0.3) is 11.4 Å². The third-order valence-corrected chi connectivity index (χ3v) is 9.10. The van der Waals surface area contributed by atoms with Crippen LogP contribution in [0, 0.1) is 0 Å². The average Bonchev–Trinajstić information content (AvgIpc) is 2.95. The van der Waals surface area contributed by atoms with E-state index in [4.69, 9.17) is 19.4 Å². The Kier molecular flexibility index (Phi) is 5.73. The summed E-state index contributed by atoms with van der Waals surface area (Å²) in [5.41, 5.74) is 2.60. The summed E-state index contributed by atoms with van der Waals surface area (Å²) in [4.78, 5) is 23.8. The maximum absolute atomic E-state index is 13.0. The highest BCUT2D eigenvalue weighted by atomic mass is 32.2. The number of hydrogen-bond donors (Lipinski definition) is 2. The fourth-order valence-electron chi connectivity index (χ4n) is 4.40. The number of amides is 2. The van der Waals surface area contributed by atoms with Gasteiger partial charge in [0.05, 0.1) is 50.0 Å². The van der Waals surface area contributed by atoms with E-state index in [1.807, 2.05) is 19.1 Å². The second kappa shape index (κ2) is 8.47. The normalized spacial score (nSPS) is 23.1. The number of anilines is 2. The minimum absolute atomic E-state index is 0.0414. The number of urea groups is 1. The van der Waals surface area contributed by atoms with Crippen molar-refractivity contribution in [2.45, 2.75) is 43.4 Å². The third kappa shape index (κ3) is 4.01. The molecule has 2 N–H and O–H groups in total. The summed E-state index contributed by atoms with van der Waals surface area (Å²) in [6.45, 7) is 8.25. The fourth-order valence-corrected chi connectivity index (χ4v) is 5.87. The van der Waals surface area contributed by atoms with E-state index in [-0.39, 0.29) is 23.9 Å². The van der Waals surface area contributed by atoms with Gasteiger partial charge < -0.3 is 25.0 Å². The van der Waals surface area contributed by atoms with Crippen molar-refractivity contribution < 1.29 is 22.7 Å². The van der Waals surface area contributed by atoms with E-state index in [1.165, 1.54) is 0 Å². The van der Waals surface area contributed by atoms with Crippen LogP contribution in [0.15, 0.2) is 24.3 Å². The van der Waals surface area contributed by atoms with E-state index in [9.17, 15) is 13.2 Å². The molecule has 2 fully saturated rings. The third-order valence-electron chi connectivity index (χ3n) is 6.68. The number of carbonyl (C=O) groups is 1. The molecule has 0 spiro atoms. The first-order chi connectivity index (χ1) is 16.2. The predicted molar refractivity (Wildman–Crippen MR) is 128 cm³/mol. The van der Waals surface area contributed by atoms with Gasteiger partial charge in [0, 0.05) is 23.4 Å². The quantitative estimate of drug-likeness (QED) is 0.672. The average molecular weight is 488 g/mol. The molecule has 1 aromatic carbocycles. The Morgan fingerprint density at radius 1 is 1.12 bits per heavy atom. The first-order valence-corrected chi connectivity index (χ1v) is 13.0. The van der Waals surface area contributed by atoms with Gasteiger partial charge in [-0.05, 0) is 45.0 Å². The monoisotopic (exact) mass is 487 g/mol. The minimum atomic E-state index is -3.41. The molecule has 5 rings (SSSR count). The van der Waals surface area contributed by atoms with Crippen LogP contribution in [-0.4, -0.2) is 69.5 Å². The molecule has 0 saturated carbocycles. The molecule has 2 amide bonds. The predicted octanol–water partition coefficient (Wildman–Crippen LogP) is 2.05. The summed E-state index contributed by atoms with van der Waals surface area (Å²) in [5.74, 6) is 1.05. The molecule has 1 aromatic heterocycles. The Bertz CT molecular complexity index is 1210. The fraction of sp³-hybridized carbons (Fsp3) is 0.522. The number of sulfone groups is 1. The number of benzene rings is 1. The number of carbonyl (C=O) groups excluding carboxylic acids is 1.